The third-order valence-electron chi connectivity index (χ3n) is 4.43. The van der Waals surface area contributed by atoms with Crippen molar-refractivity contribution in [1.29, 1.82) is 0 Å². The Morgan fingerprint density at radius 1 is 1.07 bits per heavy atom. The predicted octanol–water partition coefficient (Wildman–Crippen LogP) is 2.95. The van der Waals surface area contributed by atoms with Crippen molar-refractivity contribution in [2.24, 2.45) is 0 Å². The molecule has 140 valence electrons. The molecule has 1 amide bonds. The Bertz CT molecular complexity index is 1210. The molecular weight excluding hydrogens is 356 g/mol. The fourth-order valence-corrected chi connectivity index (χ4v) is 3.08. The number of aryl methyl sites for hydroxylation is 1. The van der Waals surface area contributed by atoms with Crippen LogP contribution in [-0.2, 0) is 6.54 Å². The van der Waals surface area contributed by atoms with E-state index in [2.05, 4.69) is 10.3 Å². The predicted molar refractivity (Wildman–Crippen MR) is 104 cm³/mol. The van der Waals surface area contributed by atoms with Gasteiger partial charge in [-0.25, -0.2) is 0 Å². The van der Waals surface area contributed by atoms with Crippen molar-refractivity contribution in [2.45, 2.75) is 13.5 Å². The number of benzene rings is 2. The average Bonchev–Trinajstić information content (AvgIpc) is 3.13. The van der Waals surface area contributed by atoms with Crippen molar-refractivity contribution in [3.63, 3.8) is 0 Å². The Morgan fingerprint density at radius 2 is 1.75 bits per heavy atom. The van der Waals surface area contributed by atoms with E-state index in [0.29, 0.717) is 27.9 Å². The number of nitrogens with zero attached hydrogens (tertiary/aromatic N) is 4. The zero-order valence-electron chi connectivity index (χ0n) is 15.5. The van der Waals surface area contributed by atoms with E-state index in [1.807, 2.05) is 18.2 Å². The van der Waals surface area contributed by atoms with Crippen molar-refractivity contribution in [3.8, 4) is 5.69 Å². The van der Waals surface area contributed by atoms with Gasteiger partial charge in [-0.3, -0.25) is 9.59 Å². The standard InChI is InChI=1S/C21H18N4O3/c1-14-12-15(23-28-14)13-24(2)21(27)19-17-10-6-7-11-18(17)20(26)25(22-19)16-8-4-3-5-9-16/h3-12H,13H2,1-2H3. The molecule has 0 bridgehead atoms. The molecule has 0 fully saturated rings. The summed E-state index contributed by atoms with van der Waals surface area (Å²) in [6, 6.07) is 17.8. The Morgan fingerprint density at radius 3 is 2.43 bits per heavy atom. The van der Waals surface area contributed by atoms with Gasteiger partial charge in [0.25, 0.3) is 11.5 Å². The summed E-state index contributed by atoms with van der Waals surface area (Å²) in [6.07, 6.45) is 0. The highest BCUT2D eigenvalue weighted by Gasteiger charge is 2.21. The van der Waals surface area contributed by atoms with E-state index in [1.54, 1.807) is 56.4 Å². The van der Waals surface area contributed by atoms with Gasteiger partial charge in [-0.15, -0.1) is 0 Å². The van der Waals surface area contributed by atoms with Crippen molar-refractivity contribution >= 4 is 16.7 Å². The van der Waals surface area contributed by atoms with E-state index >= 15 is 0 Å². The molecule has 2 aromatic carbocycles. The van der Waals surface area contributed by atoms with E-state index in [0.717, 1.165) is 0 Å². The number of amides is 1. The summed E-state index contributed by atoms with van der Waals surface area (Å²) in [7, 11) is 1.67. The van der Waals surface area contributed by atoms with Gasteiger partial charge < -0.3 is 9.42 Å². The average molecular weight is 374 g/mol. The SMILES string of the molecule is Cc1cc(CN(C)C(=O)c2nn(-c3ccccc3)c(=O)c3ccccc23)no1. The maximum absolute atomic E-state index is 13.2. The van der Waals surface area contributed by atoms with E-state index in [-0.39, 0.29) is 23.7 Å². The first-order valence-corrected chi connectivity index (χ1v) is 8.80. The zero-order chi connectivity index (χ0) is 19.7. The number of aromatic nitrogens is 3. The summed E-state index contributed by atoms with van der Waals surface area (Å²) in [5, 5.41) is 9.30. The van der Waals surface area contributed by atoms with Gasteiger partial charge in [0.2, 0.25) is 0 Å². The van der Waals surface area contributed by atoms with Crippen LogP contribution in [-0.4, -0.2) is 32.8 Å². The first-order valence-electron chi connectivity index (χ1n) is 8.80. The van der Waals surface area contributed by atoms with Crippen LogP contribution in [0, 0.1) is 6.92 Å². The van der Waals surface area contributed by atoms with E-state index in [4.69, 9.17) is 4.52 Å². The molecule has 28 heavy (non-hydrogen) atoms. The lowest BCUT2D eigenvalue weighted by atomic mass is 10.1. The molecule has 4 aromatic rings. The summed E-state index contributed by atoms with van der Waals surface area (Å²) in [4.78, 5) is 27.6. The van der Waals surface area contributed by atoms with E-state index in [1.165, 1.54) is 9.58 Å². The maximum atomic E-state index is 13.2. The van der Waals surface area contributed by atoms with Crippen LogP contribution >= 0.6 is 0 Å². The smallest absolute Gasteiger partial charge is 0.279 e. The Hall–Kier alpha value is -3.74. The maximum Gasteiger partial charge on any atom is 0.279 e. The highest BCUT2D eigenvalue weighted by Crippen LogP contribution is 2.17. The number of hydrogen-bond acceptors (Lipinski definition) is 5. The molecule has 0 aliphatic rings. The lowest BCUT2D eigenvalue weighted by Gasteiger charge is -2.17. The first-order chi connectivity index (χ1) is 13.5. The molecular formula is C21H18N4O3. The molecule has 0 saturated heterocycles. The summed E-state index contributed by atoms with van der Waals surface area (Å²) >= 11 is 0. The summed E-state index contributed by atoms with van der Waals surface area (Å²) in [6.45, 7) is 2.07. The van der Waals surface area contributed by atoms with Crippen molar-refractivity contribution in [3.05, 3.63) is 88.2 Å². The molecule has 0 atom stereocenters. The molecule has 2 heterocycles. The number of para-hydroxylation sites is 1. The van der Waals surface area contributed by atoms with Crippen LogP contribution in [0.4, 0.5) is 0 Å². The number of carbonyl (C=O) groups is 1. The molecule has 0 radical (unpaired) electrons. The van der Waals surface area contributed by atoms with Crippen LogP contribution in [0.1, 0.15) is 21.9 Å². The van der Waals surface area contributed by atoms with E-state index in [9.17, 15) is 9.59 Å². The first kappa shape index (κ1) is 17.7. The fraction of sp³-hybridized carbons (Fsp3) is 0.143. The zero-order valence-corrected chi connectivity index (χ0v) is 15.5. The number of rotatable bonds is 4. The second kappa shape index (κ2) is 7.11. The van der Waals surface area contributed by atoms with Gasteiger partial charge in [0.15, 0.2) is 5.69 Å². The van der Waals surface area contributed by atoms with Crippen molar-refractivity contribution < 1.29 is 9.32 Å². The van der Waals surface area contributed by atoms with E-state index < -0.39 is 0 Å². The van der Waals surface area contributed by atoms with Crippen LogP contribution in [0.25, 0.3) is 16.5 Å². The molecule has 0 aliphatic carbocycles. The van der Waals surface area contributed by atoms with Crippen LogP contribution < -0.4 is 5.56 Å². The molecule has 0 N–H and O–H groups in total. The lowest BCUT2D eigenvalue weighted by molar-refractivity contribution is 0.0776. The van der Waals surface area contributed by atoms with Gasteiger partial charge in [0.1, 0.15) is 11.5 Å². The minimum atomic E-state index is -0.304. The molecule has 7 heteroatoms. The third-order valence-corrected chi connectivity index (χ3v) is 4.43. The van der Waals surface area contributed by atoms with Gasteiger partial charge >= 0.3 is 0 Å². The second-order valence-corrected chi connectivity index (χ2v) is 6.54. The number of fused-ring (bicyclic) bond motifs is 1. The van der Waals surface area contributed by atoms with Crippen LogP contribution in [0.2, 0.25) is 0 Å². The molecule has 7 nitrogen and oxygen atoms in total. The highest BCUT2D eigenvalue weighted by atomic mass is 16.5. The monoisotopic (exact) mass is 374 g/mol. The van der Waals surface area contributed by atoms with Gasteiger partial charge in [0, 0.05) is 18.5 Å². The molecule has 2 aromatic heterocycles. The lowest BCUT2D eigenvalue weighted by Crippen LogP contribution is -2.31. The Balaban J connectivity index is 1.82. The molecule has 0 unspecified atom stereocenters. The van der Waals surface area contributed by atoms with Crippen LogP contribution in [0.3, 0.4) is 0 Å². The molecule has 4 rings (SSSR count). The summed E-state index contributed by atoms with van der Waals surface area (Å²) < 4.78 is 6.33. The Kier molecular flexibility index (Phi) is 4.49. The third kappa shape index (κ3) is 3.18. The van der Waals surface area contributed by atoms with Gasteiger partial charge in [-0.05, 0) is 25.1 Å². The van der Waals surface area contributed by atoms with Gasteiger partial charge in [-0.2, -0.15) is 9.78 Å². The quantitative estimate of drug-likeness (QED) is 0.549. The number of hydrogen-bond donors (Lipinski definition) is 0. The van der Waals surface area contributed by atoms with Crippen molar-refractivity contribution in [2.75, 3.05) is 7.05 Å². The summed E-state index contributed by atoms with van der Waals surface area (Å²) in [5.74, 6) is 0.374. The topological polar surface area (TPSA) is 81.2 Å². The van der Waals surface area contributed by atoms with Gasteiger partial charge in [0.05, 0.1) is 17.6 Å². The minimum Gasteiger partial charge on any atom is -0.361 e. The van der Waals surface area contributed by atoms with Crippen LogP contribution in [0.15, 0.2) is 70.0 Å². The fourth-order valence-electron chi connectivity index (χ4n) is 3.08. The Labute approximate surface area is 160 Å². The second-order valence-electron chi connectivity index (χ2n) is 6.54. The molecule has 0 spiro atoms. The highest BCUT2D eigenvalue weighted by molar-refractivity contribution is 6.04. The number of carbonyl (C=O) groups excluding carboxylic acids is 1. The molecule has 0 aliphatic heterocycles. The molecule has 0 saturated carbocycles. The minimum absolute atomic E-state index is 0.210. The largest absolute Gasteiger partial charge is 0.361 e. The van der Waals surface area contributed by atoms with Crippen LogP contribution in [0.5, 0.6) is 0 Å². The van der Waals surface area contributed by atoms with Gasteiger partial charge in [-0.1, -0.05) is 41.6 Å². The normalized spacial score (nSPS) is 10.9. The van der Waals surface area contributed by atoms with Crippen molar-refractivity contribution in [1.82, 2.24) is 19.8 Å². The summed E-state index contributed by atoms with van der Waals surface area (Å²) in [5.41, 5.74) is 1.19.